The number of nitrogens with one attached hydrogen (secondary N) is 1. The summed E-state index contributed by atoms with van der Waals surface area (Å²) in [5.74, 6) is 0.0947. The molecule has 0 bridgehead atoms. The second-order valence-electron chi connectivity index (χ2n) is 9.67. The molecular weight excluding hydrogens is 490 g/mol. The molecule has 1 amide bonds. The van der Waals surface area contributed by atoms with E-state index in [1.54, 1.807) is 6.07 Å². The van der Waals surface area contributed by atoms with Gasteiger partial charge in [-0.25, -0.2) is 0 Å². The molecule has 2 unspecified atom stereocenters. The summed E-state index contributed by atoms with van der Waals surface area (Å²) < 4.78 is 0.988. The first-order valence-corrected chi connectivity index (χ1v) is 12.7. The fourth-order valence-electron chi connectivity index (χ4n) is 6.16. The Morgan fingerprint density at radius 1 is 1.03 bits per heavy atom. The van der Waals surface area contributed by atoms with Crippen LogP contribution < -0.4 is 5.32 Å². The van der Waals surface area contributed by atoms with E-state index >= 15 is 0 Å². The Morgan fingerprint density at radius 3 is 2.62 bits per heavy atom. The Bertz CT molecular complexity index is 1390. The number of hydrogen-bond donors (Lipinski definition) is 3. The number of aromatic hydroxyl groups is 2. The van der Waals surface area contributed by atoms with E-state index in [4.69, 9.17) is 0 Å². The smallest absolute Gasteiger partial charge is 0.232 e. The maximum atomic E-state index is 13.4. The molecule has 0 fully saturated rings. The van der Waals surface area contributed by atoms with Gasteiger partial charge in [0.05, 0.1) is 5.92 Å². The summed E-state index contributed by atoms with van der Waals surface area (Å²) >= 11 is 3.64. The lowest BCUT2D eigenvalue weighted by Crippen LogP contribution is -2.21. The van der Waals surface area contributed by atoms with Gasteiger partial charge in [0.15, 0.2) is 0 Å². The van der Waals surface area contributed by atoms with Gasteiger partial charge in [-0.2, -0.15) is 0 Å². The Balaban J connectivity index is 1.47. The average Bonchev–Trinajstić information content (AvgIpc) is 3.36. The molecule has 2 atom stereocenters. The molecule has 0 aromatic heterocycles. The molecule has 5 heteroatoms. The predicted octanol–water partition coefficient (Wildman–Crippen LogP) is 6.51. The van der Waals surface area contributed by atoms with Crippen LogP contribution in [0.1, 0.15) is 63.6 Å². The lowest BCUT2D eigenvalue weighted by molar-refractivity contribution is -0.117. The van der Waals surface area contributed by atoms with Crippen molar-refractivity contribution in [3.05, 3.63) is 91.5 Å². The molecule has 3 N–H and O–H groups in total. The molecule has 4 nitrogen and oxygen atoms in total. The number of phenols is 2. The number of rotatable bonds is 3. The normalized spacial score (nSPS) is 20.4. The first kappa shape index (κ1) is 21.5. The van der Waals surface area contributed by atoms with Crippen LogP contribution >= 0.6 is 15.9 Å². The van der Waals surface area contributed by atoms with Gasteiger partial charge in [-0.15, -0.1) is 0 Å². The van der Waals surface area contributed by atoms with Crippen LogP contribution in [0.5, 0.6) is 11.5 Å². The molecule has 34 heavy (non-hydrogen) atoms. The van der Waals surface area contributed by atoms with Crippen molar-refractivity contribution in [3.63, 3.8) is 0 Å². The number of halogens is 1. The van der Waals surface area contributed by atoms with E-state index < -0.39 is 0 Å². The zero-order valence-corrected chi connectivity index (χ0v) is 20.6. The van der Waals surface area contributed by atoms with Gasteiger partial charge in [-0.3, -0.25) is 4.79 Å². The molecule has 0 saturated carbocycles. The van der Waals surface area contributed by atoms with Crippen LogP contribution in [0.15, 0.2) is 52.5 Å². The number of fused-ring (bicyclic) bond motifs is 3. The summed E-state index contributed by atoms with van der Waals surface area (Å²) in [5.41, 5.74) is 8.79. The monoisotopic (exact) mass is 515 g/mol. The van der Waals surface area contributed by atoms with E-state index in [0.29, 0.717) is 12.2 Å². The minimum atomic E-state index is -0.351. The van der Waals surface area contributed by atoms with Crippen LogP contribution in [0.2, 0.25) is 0 Å². The van der Waals surface area contributed by atoms with E-state index in [1.165, 1.54) is 0 Å². The third kappa shape index (κ3) is 3.21. The highest BCUT2D eigenvalue weighted by molar-refractivity contribution is 9.10. The fraction of sp³-hybridized carbons (Fsp3) is 0.276. The summed E-state index contributed by atoms with van der Waals surface area (Å²) in [6.45, 7) is 2.05. The first-order valence-electron chi connectivity index (χ1n) is 11.9. The highest BCUT2D eigenvalue weighted by Gasteiger charge is 2.43. The summed E-state index contributed by atoms with van der Waals surface area (Å²) in [4.78, 5) is 13.4. The van der Waals surface area contributed by atoms with Crippen molar-refractivity contribution in [2.45, 2.75) is 50.9 Å². The molecule has 172 valence electrons. The van der Waals surface area contributed by atoms with Gasteiger partial charge >= 0.3 is 0 Å². The molecular formula is C29H26BrNO3. The van der Waals surface area contributed by atoms with E-state index in [-0.39, 0.29) is 23.5 Å². The predicted molar refractivity (Wildman–Crippen MR) is 138 cm³/mol. The van der Waals surface area contributed by atoms with E-state index in [1.807, 2.05) is 31.2 Å². The Morgan fingerprint density at radius 2 is 1.79 bits per heavy atom. The number of allylic oxidation sites excluding steroid dienone is 1. The van der Waals surface area contributed by atoms with Crippen LogP contribution in [0.25, 0.3) is 6.08 Å². The molecule has 2 aliphatic carbocycles. The van der Waals surface area contributed by atoms with Crippen LogP contribution in [0.3, 0.4) is 0 Å². The van der Waals surface area contributed by atoms with Gasteiger partial charge in [0, 0.05) is 32.8 Å². The van der Waals surface area contributed by atoms with Gasteiger partial charge in [-0.1, -0.05) is 51.8 Å². The molecule has 3 aliphatic rings. The molecule has 0 radical (unpaired) electrons. The molecule has 0 saturated heterocycles. The van der Waals surface area contributed by atoms with Crippen LogP contribution in [0.4, 0.5) is 5.69 Å². The molecule has 1 heterocycles. The number of hydrogen-bond acceptors (Lipinski definition) is 3. The third-order valence-corrected chi connectivity index (χ3v) is 8.64. The van der Waals surface area contributed by atoms with Crippen molar-refractivity contribution in [1.82, 2.24) is 0 Å². The molecule has 1 aliphatic heterocycles. The van der Waals surface area contributed by atoms with Crippen molar-refractivity contribution in [2.75, 3.05) is 5.32 Å². The average molecular weight is 516 g/mol. The lowest BCUT2D eigenvalue weighted by atomic mass is 9.77. The highest BCUT2D eigenvalue weighted by atomic mass is 79.9. The van der Waals surface area contributed by atoms with Crippen LogP contribution in [0, 0.1) is 6.92 Å². The minimum absolute atomic E-state index is 0.00122. The molecule has 0 spiro atoms. The summed E-state index contributed by atoms with van der Waals surface area (Å²) in [7, 11) is 0. The third-order valence-electron chi connectivity index (χ3n) is 7.78. The van der Waals surface area contributed by atoms with Crippen LogP contribution in [-0.4, -0.2) is 16.1 Å². The lowest BCUT2D eigenvalue weighted by Gasteiger charge is -2.25. The number of carbonyl (C=O) groups is 1. The van der Waals surface area contributed by atoms with E-state index in [9.17, 15) is 15.0 Å². The largest absolute Gasteiger partial charge is 0.508 e. The van der Waals surface area contributed by atoms with Crippen molar-refractivity contribution in [1.29, 1.82) is 0 Å². The van der Waals surface area contributed by atoms with Crippen molar-refractivity contribution in [2.24, 2.45) is 0 Å². The Kier molecular flexibility index (Phi) is 5.07. The molecule has 3 aromatic rings. The number of carbonyl (C=O) groups excluding carboxylic acids is 1. The Hall–Kier alpha value is -3.05. The van der Waals surface area contributed by atoms with Crippen LogP contribution in [-0.2, 0) is 24.1 Å². The van der Waals surface area contributed by atoms with Crippen molar-refractivity contribution >= 4 is 33.6 Å². The maximum absolute atomic E-state index is 13.4. The highest BCUT2D eigenvalue weighted by Crippen LogP contribution is 2.53. The number of benzene rings is 3. The number of anilines is 1. The fourth-order valence-corrected chi connectivity index (χ4v) is 6.50. The second-order valence-corrected chi connectivity index (χ2v) is 10.5. The zero-order chi connectivity index (χ0) is 23.6. The molecule has 6 rings (SSSR count). The summed E-state index contributed by atoms with van der Waals surface area (Å²) in [6, 6.07) is 13.9. The van der Waals surface area contributed by atoms with Gasteiger partial charge in [-0.05, 0) is 79.5 Å². The summed E-state index contributed by atoms with van der Waals surface area (Å²) in [6.07, 6.45) is 6.29. The SMILES string of the molecule is Cc1c(Br)ccc2c1C(C1C(Cc3cc(O)c4c(c3O)CCCC4)=Cc3ccccc31)C(=O)N2. The van der Waals surface area contributed by atoms with E-state index in [0.717, 1.165) is 80.4 Å². The zero-order valence-electron chi connectivity index (χ0n) is 19.0. The Labute approximate surface area is 207 Å². The van der Waals surface area contributed by atoms with E-state index in [2.05, 4.69) is 39.5 Å². The maximum Gasteiger partial charge on any atom is 0.232 e. The van der Waals surface area contributed by atoms with Gasteiger partial charge in [0.2, 0.25) is 5.91 Å². The minimum Gasteiger partial charge on any atom is -0.508 e. The summed E-state index contributed by atoms with van der Waals surface area (Å²) in [5, 5.41) is 25.0. The second kappa shape index (κ2) is 8.02. The van der Waals surface area contributed by atoms with Crippen molar-refractivity contribution in [3.8, 4) is 11.5 Å². The van der Waals surface area contributed by atoms with Gasteiger partial charge in [0.1, 0.15) is 11.5 Å². The quantitative estimate of drug-likeness (QED) is 0.348. The molecule has 3 aromatic carbocycles. The standard InChI is InChI=1S/C29H26BrNO3/c1-15-22(30)10-11-23-25(15)27(29(34)31-23)26-17(12-16-6-2-3-7-19(16)26)13-18-14-24(32)20-8-4-5-9-21(20)28(18)33/h2-3,6-7,10-12,14,26-27,32-33H,4-5,8-9,13H2,1H3,(H,31,34). The van der Waals surface area contributed by atoms with Crippen molar-refractivity contribution < 1.29 is 15.0 Å². The van der Waals surface area contributed by atoms with Gasteiger partial charge < -0.3 is 15.5 Å². The topological polar surface area (TPSA) is 69.6 Å². The van der Waals surface area contributed by atoms with Gasteiger partial charge in [0.25, 0.3) is 0 Å². The number of amides is 1. The number of phenolic OH excluding ortho intramolecular Hbond substituents is 2. The first-order chi connectivity index (χ1) is 16.4.